The molecule has 2 aromatic carbocycles. The molecule has 4 aromatic rings. The van der Waals surface area contributed by atoms with Crippen LogP contribution in [0.3, 0.4) is 0 Å². The lowest BCUT2D eigenvalue weighted by molar-refractivity contribution is 0.395. The molecule has 0 aliphatic rings. The van der Waals surface area contributed by atoms with E-state index in [4.69, 9.17) is 9.26 Å². The van der Waals surface area contributed by atoms with Crippen molar-refractivity contribution in [2.45, 2.75) is 13.3 Å². The lowest BCUT2D eigenvalue weighted by atomic mass is 10.1. The molecule has 4 nitrogen and oxygen atoms in total. The van der Waals surface area contributed by atoms with E-state index in [-0.39, 0.29) is 0 Å². The second-order valence-electron chi connectivity index (χ2n) is 5.04. The number of para-hydroxylation sites is 1. The summed E-state index contributed by atoms with van der Waals surface area (Å²) >= 11 is 0. The first-order valence-corrected chi connectivity index (χ1v) is 7.25. The molecule has 0 aliphatic heterocycles. The number of benzene rings is 2. The standard InChI is InChI=1S/C18H14N2O2/c1-2-15-14-11-16(21-12-7-4-3-5-8-12)18-13(9-6-10-19-18)17(14)20-22-15/h3-11H,2H2,1H3. The van der Waals surface area contributed by atoms with Gasteiger partial charge in [0.25, 0.3) is 0 Å². The number of ether oxygens (including phenoxy) is 1. The quantitative estimate of drug-likeness (QED) is 0.547. The van der Waals surface area contributed by atoms with Crippen molar-refractivity contribution in [1.29, 1.82) is 0 Å². The minimum absolute atomic E-state index is 0.715. The Kier molecular flexibility index (Phi) is 3.00. The number of nitrogens with zero attached hydrogens (tertiary/aromatic N) is 2. The number of fused-ring (bicyclic) bond motifs is 3. The van der Waals surface area contributed by atoms with Gasteiger partial charge < -0.3 is 9.26 Å². The van der Waals surface area contributed by atoms with Gasteiger partial charge in [-0.2, -0.15) is 0 Å². The number of aromatic nitrogens is 2. The van der Waals surface area contributed by atoms with Crippen molar-refractivity contribution < 1.29 is 9.26 Å². The van der Waals surface area contributed by atoms with Crippen molar-refractivity contribution in [3.63, 3.8) is 0 Å². The zero-order chi connectivity index (χ0) is 14.9. The summed E-state index contributed by atoms with van der Waals surface area (Å²) in [6.07, 6.45) is 2.54. The normalized spacial score (nSPS) is 11.1. The molecule has 0 saturated carbocycles. The lowest BCUT2D eigenvalue weighted by Gasteiger charge is -2.08. The van der Waals surface area contributed by atoms with E-state index in [0.29, 0.717) is 5.75 Å². The molecule has 4 heteroatoms. The molecule has 0 N–H and O–H groups in total. The van der Waals surface area contributed by atoms with E-state index >= 15 is 0 Å². The topological polar surface area (TPSA) is 48.2 Å². The third kappa shape index (κ3) is 2.00. The van der Waals surface area contributed by atoms with Gasteiger partial charge in [-0.1, -0.05) is 30.3 Å². The maximum atomic E-state index is 6.04. The van der Waals surface area contributed by atoms with Crippen LogP contribution in [0.5, 0.6) is 11.5 Å². The van der Waals surface area contributed by atoms with Crippen LogP contribution in [0.2, 0.25) is 0 Å². The fraction of sp³-hybridized carbons (Fsp3) is 0.111. The first-order chi connectivity index (χ1) is 10.9. The number of hydrogen-bond donors (Lipinski definition) is 0. The number of aryl methyl sites for hydroxylation is 1. The largest absolute Gasteiger partial charge is 0.455 e. The van der Waals surface area contributed by atoms with E-state index in [9.17, 15) is 0 Å². The third-order valence-corrected chi connectivity index (χ3v) is 3.67. The smallest absolute Gasteiger partial charge is 0.154 e. The Labute approximate surface area is 127 Å². The van der Waals surface area contributed by atoms with Crippen LogP contribution < -0.4 is 4.74 Å². The summed E-state index contributed by atoms with van der Waals surface area (Å²) in [4.78, 5) is 4.46. The van der Waals surface area contributed by atoms with Crippen molar-refractivity contribution in [1.82, 2.24) is 10.1 Å². The van der Waals surface area contributed by atoms with Gasteiger partial charge in [0.05, 0.1) is 0 Å². The molecule has 4 rings (SSSR count). The number of rotatable bonds is 3. The summed E-state index contributed by atoms with van der Waals surface area (Å²) in [7, 11) is 0. The predicted molar refractivity (Wildman–Crippen MR) is 85.2 cm³/mol. The maximum absolute atomic E-state index is 6.04. The molecular formula is C18H14N2O2. The molecule has 0 fully saturated rings. The Balaban J connectivity index is 1.98. The van der Waals surface area contributed by atoms with Gasteiger partial charge in [0.15, 0.2) is 5.75 Å². The van der Waals surface area contributed by atoms with Crippen LogP contribution in [0.1, 0.15) is 12.7 Å². The molecule has 0 radical (unpaired) electrons. The fourth-order valence-electron chi connectivity index (χ4n) is 2.61. The van der Waals surface area contributed by atoms with Gasteiger partial charge in [-0.3, -0.25) is 4.98 Å². The second-order valence-corrected chi connectivity index (χ2v) is 5.04. The minimum atomic E-state index is 0.715. The molecule has 0 saturated heterocycles. The van der Waals surface area contributed by atoms with Crippen LogP contribution in [0.25, 0.3) is 21.8 Å². The molecule has 0 amide bonds. The molecular weight excluding hydrogens is 276 g/mol. The fourth-order valence-corrected chi connectivity index (χ4v) is 2.61. The summed E-state index contributed by atoms with van der Waals surface area (Å²) in [5, 5.41) is 6.11. The van der Waals surface area contributed by atoms with Crippen LogP contribution in [0, 0.1) is 0 Å². The van der Waals surface area contributed by atoms with Gasteiger partial charge in [-0.25, -0.2) is 0 Å². The third-order valence-electron chi connectivity index (χ3n) is 3.67. The van der Waals surface area contributed by atoms with Crippen LogP contribution >= 0.6 is 0 Å². The average molecular weight is 290 g/mol. The van der Waals surface area contributed by atoms with E-state index in [1.165, 1.54) is 0 Å². The van der Waals surface area contributed by atoms with Gasteiger partial charge in [0.1, 0.15) is 22.5 Å². The first kappa shape index (κ1) is 12.8. The van der Waals surface area contributed by atoms with Crippen LogP contribution in [0.4, 0.5) is 0 Å². The van der Waals surface area contributed by atoms with Gasteiger partial charge in [-0.15, -0.1) is 0 Å². The summed E-state index contributed by atoms with van der Waals surface area (Å²) < 4.78 is 11.5. The molecule has 2 aromatic heterocycles. The Hall–Kier alpha value is -2.88. The van der Waals surface area contributed by atoms with Gasteiger partial charge >= 0.3 is 0 Å². The first-order valence-electron chi connectivity index (χ1n) is 7.25. The van der Waals surface area contributed by atoms with Gasteiger partial charge in [0.2, 0.25) is 0 Å². The SMILES string of the molecule is CCc1onc2c1cc(Oc1ccccc1)c1ncccc12. The van der Waals surface area contributed by atoms with E-state index in [1.54, 1.807) is 6.20 Å². The maximum Gasteiger partial charge on any atom is 0.154 e. The molecule has 108 valence electrons. The number of pyridine rings is 1. The Bertz CT molecular complexity index is 945. The molecule has 2 heterocycles. The highest BCUT2D eigenvalue weighted by Crippen LogP contribution is 2.35. The summed E-state index contributed by atoms with van der Waals surface area (Å²) in [5.41, 5.74) is 1.62. The molecule has 0 aliphatic carbocycles. The van der Waals surface area contributed by atoms with E-state index in [1.807, 2.05) is 55.5 Å². The van der Waals surface area contributed by atoms with Gasteiger partial charge in [-0.05, 0) is 30.3 Å². The zero-order valence-electron chi connectivity index (χ0n) is 12.1. The Morgan fingerprint density at radius 3 is 2.68 bits per heavy atom. The highest BCUT2D eigenvalue weighted by molar-refractivity contribution is 6.07. The summed E-state index contributed by atoms with van der Waals surface area (Å²) in [6, 6.07) is 15.6. The van der Waals surface area contributed by atoms with Crippen molar-refractivity contribution in [3.8, 4) is 11.5 Å². The molecule has 22 heavy (non-hydrogen) atoms. The highest BCUT2D eigenvalue weighted by Gasteiger charge is 2.15. The van der Waals surface area contributed by atoms with Crippen molar-refractivity contribution in [3.05, 3.63) is 60.5 Å². The molecule has 0 bridgehead atoms. The molecule has 0 atom stereocenters. The average Bonchev–Trinajstić information content (AvgIpc) is 2.99. The van der Waals surface area contributed by atoms with Crippen molar-refractivity contribution in [2.24, 2.45) is 0 Å². The van der Waals surface area contributed by atoms with Crippen LogP contribution in [0.15, 0.2) is 59.3 Å². The Morgan fingerprint density at radius 2 is 1.86 bits per heavy atom. The molecule has 0 unspecified atom stereocenters. The number of hydrogen-bond acceptors (Lipinski definition) is 4. The summed E-state index contributed by atoms with van der Waals surface area (Å²) in [6.45, 7) is 2.05. The van der Waals surface area contributed by atoms with E-state index in [2.05, 4.69) is 10.1 Å². The molecule has 0 spiro atoms. The van der Waals surface area contributed by atoms with E-state index < -0.39 is 0 Å². The summed E-state index contributed by atoms with van der Waals surface area (Å²) in [5.74, 6) is 2.36. The highest BCUT2D eigenvalue weighted by atomic mass is 16.5. The Morgan fingerprint density at radius 1 is 1.00 bits per heavy atom. The van der Waals surface area contributed by atoms with Crippen molar-refractivity contribution >= 4 is 21.8 Å². The minimum Gasteiger partial charge on any atom is -0.455 e. The lowest BCUT2D eigenvalue weighted by Crippen LogP contribution is -1.89. The predicted octanol–water partition coefficient (Wildman–Crippen LogP) is 4.73. The van der Waals surface area contributed by atoms with Gasteiger partial charge in [0, 0.05) is 23.4 Å². The monoisotopic (exact) mass is 290 g/mol. The zero-order valence-corrected chi connectivity index (χ0v) is 12.1. The second kappa shape index (κ2) is 5.15. The van der Waals surface area contributed by atoms with Crippen LogP contribution in [-0.2, 0) is 6.42 Å². The van der Waals surface area contributed by atoms with Crippen LogP contribution in [-0.4, -0.2) is 10.1 Å². The van der Waals surface area contributed by atoms with Crippen molar-refractivity contribution in [2.75, 3.05) is 0 Å². The van der Waals surface area contributed by atoms with E-state index in [0.717, 1.165) is 39.7 Å².